The Balaban J connectivity index is 1.18. The molecule has 0 amide bonds. The molecule has 1 fully saturated rings. The molecule has 10 heteroatoms. The maximum Gasteiger partial charge on any atom is 0.223 e. The van der Waals surface area contributed by atoms with Gasteiger partial charge in [0.25, 0.3) is 0 Å². The first-order valence-electron chi connectivity index (χ1n) is 11.6. The number of anilines is 2. The van der Waals surface area contributed by atoms with Crippen LogP contribution in [0.25, 0.3) is 28.5 Å². The maximum atomic E-state index is 14.2. The fraction of sp³-hybridized carbons (Fsp3) is 0.192. The summed E-state index contributed by atoms with van der Waals surface area (Å²) in [6.07, 6.45) is 1.57. The summed E-state index contributed by atoms with van der Waals surface area (Å²) in [5.74, 6) is 0.154. The van der Waals surface area contributed by atoms with Crippen molar-refractivity contribution in [1.29, 1.82) is 0 Å². The van der Waals surface area contributed by atoms with Crippen LogP contribution in [0, 0.1) is 11.6 Å². The molecule has 0 unspecified atom stereocenters. The number of benzene rings is 2. The molecule has 0 spiro atoms. The summed E-state index contributed by atoms with van der Waals surface area (Å²) in [6, 6.07) is 17.3. The number of fused-ring (bicyclic) bond motifs is 1. The van der Waals surface area contributed by atoms with Gasteiger partial charge in [0.1, 0.15) is 11.6 Å². The summed E-state index contributed by atoms with van der Waals surface area (Å²) >= 11 is 0. The molecule has 182 valence electrons. The first-order valence-corrected chi connectivity index (χ1v) is 11.6. The van der Waals surface area contributed by atoms with Gasteiger partial charge in [-0.3, -0.25) is 4.90 Å². The van der Waals surface area contributed by atoms with E-state index in [0.29, 0.717) is 41.7 Å². The van der Waals surface area contributed by atoms with Gasteiger partial charge in [-0.1, -0.05) is 18.2 Å². The van der Waals surface area contributed by atoms with Crippen molar-refractivity contribution in [3.8, 4) is 22.8 Å². The number of hydrogen-bond donors (Lipinski definition) is 1. The second kappa shape index (κ2) is 9.04. The van der Waals surface area contributed by atoms with Crippen LogP contribution in [-0.2, 0) is 6.54 Å². The van der Waals surface area contributed by atoms with Crippen LogP contribution in [0.5, 0.6) is 0 Å². The SMILES string of the molecule is Nc1nc(-c2cccc(CN3CCN(c4ccc(F)cc4F)CC3)c2)cc2nc(-c3ccco3)nn12. The van der Waals surface area contributed by atoms with Crippen LogP contribution < -0.4 is 10.6 Å². The molecule has 0 radical (unpaired) electrons. The number of piperazine rings is 1. The molecule has 1 aliphatic heterocycles. The van der Waals surface area contributed by atoms with Gasteiger partial charge in [-0.15, -0.1) is 5.10 Å². The molecule has 4 heterocycles. The van der Waals surface area contributed by atoms with Gasteiger partial charge in [-0.2, -0.15) is 4.52 Å². The van der Waals surface area contributed by atoms with Crippen molar-refractivity contribution in [2.45, 2.75) is 6.54 Å². The highest BCUT2D eigenvalue weighted by Gasteiger charge is 2.20. The lowest BCUT2D eigenvalue weighted by molar-refractivity contribution is 0.249. The Morgan fingerprint density at radius 3 is 2.56 bits per heavy atom. The van der Waals surface area contributed by atoms with Crippen molar-refractivity contribution in [1.82, 2.24) is 24.5 Å². The highest BCUT2D eigenvalue weighted by Crippen LogP contribution is 2.25. The number of hydrogen-bond acceptors (Lipinski definition) is 7. The summed E-state index contributed by atoms with van der Waals surface area (Å²) in [4.78, 5) is 13.3. The van der Waals surface area contributed by atoms with Crippen LogP contribution in [0.15, 0.2) is 71.3 Å². The third-order valence-electron chi connectivity index (χ3n) is 6.34. The maximum absolute atomic E-state index is 14.2. The average Bonchev–Trinajstić information content (AvgIpc) is 3.55. The number of aromatic nitrogens is 4. The molecular weight excluding hydrogens is 464 g/mol. The predicted molar refractivity (Wildman–Crippen MR) is 132 cm³/mol. The number of halogens is 2. The van der Waals surface area contributed by atoms with Gasteiger partial charge >= 0.3 is 0 Å². The minimum Gasteiger partial charge on any atom is -0.461 e. The highest BCUT2D eigenvalue weighted by molar-refractivity contribution is 5.67. The summed E-state index contributed by atoms with van der Waals surface area (Å²) in [6.45, 7) is 3.63. The Hall–Kier alpha value is -4.31. The van der Waals surface area contributed by atoms with Crippen LogP contribution in [0.1, 0.15) is 5.56 Å². The number of nitrogens with two attached hydrogens (primary N) is 1. The summed E-state index contributed by atoms with van der Waals surface area (Å²) in [5, 5.41) is 4.39. The molecule has 8 nitrogen and oxygen atoms in total. The number of nitrogens with zero attached hydrogens (tertiary/aromatic N) is 6. The van der Waals surface area contributed by atoms with Crippen molar-refractivity contribution in [3.05, 3.63) is 84.1 Å². The second-order valence-electron chi connectivity index (χ2n) is 8.74. The number of rotatable bonds is 5. The minimum atomic E-state index is -0.563. The van der Waals surface area contributed by atoms with E-state index < -0.39 is 11.6 Å². The summed E-state index contributed by atoms with van der Waals surface area (Å²) < 4.78 is 34.3. The second-order valence-corrected chi connectivity index (χ2v) is 8.74. The molecule has 1 saturated heterocycles. The van der Waals surface area contributed by atoms with Crippen molar-refractivity contribution in [2.24, 2.45) is 0 Å². The zero-order valence-corrected chi connectivity index (χ0v) is 19.3. The average molecular weight is 488 g/mol. The fourth-order valence-corrected chi connectivity index (χ4v) is 4.54. The van der Waals surface area contributed by atoms with E-state index in [1.807, 2.05) is 23.1 Å². The summed E-state index contributed by atoms with van der Waals surface area (Å²) in [7, 11) is 0. The van der Waals surface area contributed by atoms with Gasteiger partial charge in [-0.05, 0) is 35.9 Å². The molecule has 1 aliphatic rings. The van der Waals surface area contributed by atoms with Crippen molar-refractivity contribution >= 4 is 17.3 Å². The predicted octanol–water partition coefficient (Wildman–Crippen LogP) is 4.23. The first kappa shape index (κ1) is 22.2. The zero-order chi connectivity index (χ0) is 24.6. The minimum absolute atomic E-state index is 0.238. The monoisotopic (exact) mass is 487 g/mol. The van der Waals surface area contributed by atoms with Gasteiger partial charge in [0, 0.05) is 50.4 Å². The van der Waals surface area contributed by atoms with E-state index in [-0.39, 0.29) is 5.95 Å². The van der Waals surface area contributed by atoms with Crippen molar-refractivity contribution in [3.63, 3.8) is 0 Å². The fourth-order valence-electron chi connectivity index (χ4n) is 4.54. The van der Waals surface area contributed by atoms with Crippen molar-refractivity contribution in [2.75, 3.05) is 36.8 Å². The van der Waals surface area contributed by atoms with E-state index in [2.05, 4.69) is 32.1 Å². The van der Waals surface area contributed by atoms with E-state index in [1.165, 1.54) is 16.6 Å². The Morgan fingerprint density at radius 1 is 0.917 bits per heavy atom. The molecule has 36 heavy (non-hydrogen) atoms. The Bertz CT molecular complexity index is 1530. The molecule has 5 aromatic rings. The van der Waals surface area contributed by atoms with E-state index in [0.717, 1.165) is 36.8 Å². The Labute approximate surface area is 205 Å². The van der Waals surface area contributed by atoms with E-state index in [1.54, 1.807) is 18.4 Å². The molecular formula is C26H23F2N7O. The quantitative estimate of drug-likeness (QED) is 0.397. The van der Waals surface area contributed by atoms with Crippen molar-refractivity contribution < 1.29 is 13.2 Å². The Kier molecular flexibility index (Phi) is 5.57. The number of nitrogen functional groups attached to an aromatic ring is 1. The van der Waals surface area contributed by atoms with Gasteiger partial charge in [0.05, 0.1) is 17.6 Å². The lowest BCUT2D eigenvalue weighted by Gasteiger charge is -2.36. The van der Waals surface area contributed by atoms with Crippen LogP contribution in [0.4, 0.5) is 20.4 Å². The highest BCUT2D eigenvalue weighted by atomic mass is 19.1. The standard InChI is InChI=1S/C26H23F2N7O/c27-19-6-7-22(20(28)14-19)34-10-8-33(9-11-34)16-17-3-1-4-18(13-17)21-15-24-31-25(23-5-2-12-36-23)32-35(24)26(29)30-21/h1-7,12-15H,8-11,16H2,(H2,29,30). The smallest absolute Gasteiger partial charge is 0.223 e. The van der Waals surface area contributed by atoms with Gasteiger partial charge in [0.15, 0.2) is 11.4 Å². The van der Waals surface area contributed by atoms with Crippen LogP contribution >= 0.6 is 0 Å². The van der Waals surface area contributed by atoms with Crippen LogP contribution in [0.3, 0.4) is 0 Å². The lowest BCUT2D eigenvalue weighted by Crippen LogP contribution is -2.46. The van der Waals surface area contributed by atoms with Crippen LogP contribution in [0.2, 0.25) is 0 Å². The van der Waals surface area contributed by atoms with E-state index in [9.17, 15) is 8.78 Å². The molecule has 2 aromatic carbocycles. The van der Waals surface area contributed by atoms with E-state index >= 15 is 0 Å². The zero-order valence-electron chi connectivity index (χ0n) is 19.3. The molecule has 0 saturated carbocycles. The van der Waals surface area contributed by atoms with E-state index in [4.69, 9.17) is 10.2 Å². The lowest BCUT2D eigenvalue weighted by atomic mass is 10.1. The van der Waals surface area contributed by atoms with Gasteiger partial charge in [-0.25, -0.2) is 18.7 Å². The Morgan fingerprint density at radius 2 is 1.78 bits per heavy atom. The third kappa shape index (κ3) is 4.27. The normalized spacial score (nSPS) is 14.6. The number of furan rings is 1. The third-order valence-corrected chi connectivity index (χ3v) is 6.34. The molecule has 6 rings (SSSR count). The largest absolute Gasteiger partial charge is 0.461 e. The van der Waals surface area contributed by atoms with Gasteiger partial charge < -0.3 is 15.1 Å². The molecule has 0 aliphatic carbocycles. The summed E-state index contributed by atoms with van der Waals surface area (Å²) in [5.41, 5.74) is 9.98. The molecule has 2 N–H and O–H groups in total. The molecule has 0 bridgehead atoms. The topological polar surface area (TPSA) is 88.7 Å². The molecule has 3 aromatic heterocycles. The molecule has 0 atom stereocenters. The van der Waals surface area contributed by atoms with Crippen LogP contribution in [-0.4, -0.2) is 50.7 Å². The first-order chi connectivity index (χ1) is 17.5. The van der Waals surface area contributed by atoms with Gasteiger partial charge in [0.2, 0.25) is 11.8 Å².